The van der Waals surface area contributed by atoms with Crippen LogP contribution < -0.4 is 5.32 Å². The van der Waals surface area contributed by atoms with E-state index in [0.717, 1.165) is 25.2 Å². The van der Waals surface area contributed by atoms with Gasteiger partial charge in [-0.25, -0.2) is 9.50 Å². The second-order valence-corrected chi connectivity index (χ2v) is 5.08. The average molecular weight is 305 g/mol. The average Bonchev–Trinajstić information content (AvgIpc) is 2.96. The van der Waals surface area contributed by atoms with Crippen LogP contribution >= 0.6 is 0 Å². The van der Waals surface area contributed by atoms with E-state index in [1.807, 2.05) is 6.20 Å². The number of aliphatic hydroxyl groups excluding tert-OH is 1. The summed E-state index contributed by atoms with van der Waals surface area (Å²) < 4.78 is 1.64. The molecule has 120 valence electrons. The van der Waals surface area contributed by atoms with E-state index in [9.17, 15) is 4.79 Å². The van der Waals surface area contributed by atoms with E-state index in [4.69, 9.17) is 5.11 Å². The van der Waals surface area contributed by atoms with Gasteiger partial charge in [0.05, 0.1) is 6.20 Å². The van der Waals surface area contributed by atoms with Crippen LogP contribution in [-0.4, -0.2) is 56.8 Å². The normalized spacial score (nSPS) is 11.3. The van der Waals surface area contributed by atoms with Crippen molar-refractivity contribution in [2.45, 2.75) is 26.8 Å². The van der Waals surface area contributed by atoms with Gasteiger partial charge in [0.15, 0.2) is 5.65 Å². The topological polar surface area (TPSA) is 82.8 Å². The predicted molar refractivity (Wildman–Crippen MR) is 83.6 cm³/mol. The lowest BCUT2D eigenvalue weighted by Gasteiger charge is -2.17. The second kappa shape index (κ2) is 7.86. The minimum absolute atomic E-state index is 0.0575. The number of nitrogens with zero attached hydrogens (tertiary/aromatic N) is 4. The molecule has 0 atom stereocenters. The highest BCUT2D eigenvalue weighted by Gasteiger charge is 2.14. The molecule has 0 unspecified atom stereocenters. The SMILES string of the molecule is CCN(CC)Cc1cnc2c(C(=O)NCCCO)cnn2c1. The van der Waals surface area contributed by atoms with Gasteiger partial charge in [0, 0.05) is 37.7 Å². The van der Waals surface area contributed by atoms with Crippen molar-refractivity contribution in [2.24, 2.45) is 0 Å². The Balaban J connectivity index is 2.14. The van der Waals surface area contributed by atoms with Crippen LogP contribution in [0.4, 0.5) is 0 Å². The number of carbonyl (C=O) groups is 1. The summed E-state index contributed by atoms with van der Waals surface area (Å²) in [5, 5.41) is 15.7. The van der Waals surface area contributed by atoms with Gasteiger partial charge in [-0.05, 0) is 19.5 Å². The third-order valence-electron chi connectivity index (χ3n) is 3.58. The van der Waals surface area contributed by atoms with Crippen LogP contribution in [0, 0.1) is 0 Å². The van der Waals surface area contributed by atoms with Crippen molar-refractivity contribution in [3.05, 3.63) is 29.7 Å². The minimum atomic E-state index is -0.215. The monoisotopic (exact) mass is 305 g/mol. The maximum atomic E-state index is 12.1. The number of carbonyl (C=O) groups excluding carboxylic acids is 1. The number of nitrogens with one attached hydrogen (secondary N) is 1. The number of amides is 1. The summed E-state index contributed by atoms with van der Waals surface area (Å²) in [6.07, 6.45) is 5.76. The molecule has 0 saturated heterocycles. The number of hydrogen-bond acceptors (Lipinski definition) is 5. The Bertz CT molecular complexity index is 621. The van der Waals surface area contributed by atoms with Gasteiger partial charge in [-0.3, -0.25) is 9.69 Å². The Hall–Kier alpha value is -1.99. The molecule has 0 radical (unpaired) electrons. The Morgan fingerprint density at radius 1 is 1.36 bits per heavy atom. The van der Waals surface area contributed by atoms with Crippen LogP contribution in [0.15, 0.2) is 18.6 Å². The molecule has 7 nitrogen and oxygen atoms in total. The van der Waals surface area contributed by atoms with Gasteiger partial charge in [-0.2, -0.15) is 5.10 Å². The summed E-state index contributed by atoms with van der Waals surface area (Å²) in [6.45, 7) is 7.51. The lowest BCUT2D eigenvalue weighted by atomic mass is 10.3. The molecule has 2 aromatic heterocycles. The highest BCUT2D eigenvalue weighted by Crippen LogP contribution is 2.10. The summed E-state index contributed by atoms with van der Waals surface area (Å²) >= 11 is 0. The molecular formula is C15H23N5O2. The van der Waals surface area contributed by atoms with Crippen LogP contribution in [0.2, 0.25) is 0 Å². The molecule has 2 aromatic rings. The first-order valence-corrected chi connectivity index (χ1v) is 7.63. The van der Waals surface area contributed by atoms with Gasteiger partial charge in [-0.15, -0.1) is 0 Å². The molecule has 2 rings (SSSR count). The molecule has 7 heteroatoms. The van der Waals surface area contributed by atoms with Gasteiger partial charge in [0.25, 0.3) is 5.91 Å². The Morgan fingerprint density at radius 2 is 2.14 bits per heavy atom. The molecule has 0 aliphatic heterocycles. The molecule has 0 saturated carbocycles. The number of aromatic nitrogens is 3. The van der Waals surface area contributed by atoms with Crippen molar-refractivity contribution in [3.8, 4) is 0 Å². The van der Waals surface area contributed by atoms with Crippen molar-refractivity contribution in [2.75, 3.05) is 26.2 Å². The van der Waals surface area contributed by atoms with Gasteiger partial charge >= 0.3 is 0 Å². The van der Waals surface area contributed by atoms with Crippen molar-refractivity contribution >= 4 is 11.6 Å². The number of aliphatic hydroxyl groups is 1. The number of fused-ring (bicyclic) bond motifs is 1. The summed E-state index contributed by atoms with van der Waals surface area (Å²) in [4.78, 5) is 18.7. The molecule has 2 heterocycles. The lowest BCUT2D eigenvalue weighted by Crippen LogP contribution is -2.25. The third kappa shape index (κ3) is 3.80. The fourth-order valence-electron chi connectivity index (χ4n) is 2.24. The van der Waals surface area contributed by atoms with Crippen molar-refractivity contribution in [1.82, 2.24) is 24.8 Å². The van der Waals surface area contributed by atoms with E-state index in [-0.39, 0.29) is 12.5 Å². The van der Waals surface area contributed by atoms with Crippen LogP contribution in [0.25, 0.3) is 5.65 Å². The zero-order valence-corrected chi connectivity index (χ0v) is 13.1. The molecule has 1 amide bonds. The number of rotatable bonds is 8. The first kappa shape index (κ1) is 16.4. The van der Waals surface area contributed by atoms with Crippen molar-refractivity contribution < 1.29 is 9.90 Å². The fraction of sp³-hybridized carbons (Fsp3) is 0.533. The molecule has 0 aliphatic carbocycles. The van der Waals surface area contributed by atoms with E-state index in [1.54, 1.807) is 10.7 Å². The Morgan fingerprint density at radius 3 is 2.82 bits per heavy atom. The van der Waals surface area contributed by atoms with E-state index < -0.39 is 0 Å². The van der Waals surface area contributed by atoms with Crippen molar-refractivity contribution in [3.63, 3.8) is 0 Å². The molecule has 0 aliphatic rings. The maximum absolute atomic E-state index is 12.1. The van der Waals surface area contributed by atoms with Crippen LogP contribution in [0.3, 0.4) is 0 Å². The van der Waals surface area contributed by atoms with E-state index >= 15 is 0 Å². The highest BCUT2D eigenvalue weighted by molar-refractivity contribution is 5.99. The number of hydrogen-bond donors (Lipinski definition) is 2. The van der Waals surface area contributed by atoms with Crippen LogP contribution in [-0.2, 0) is 6.54 Å². The zero-order valence-electron chi connectivity index (χ0n) is 13.1. The minimum Gasteiger partial charge on any atom is -0.396 e. The quantitative estimate of drug-likeness (QED) is 0.701. The molecule has 22 heavy (non-hydrogen) atoms. The predicted octanol–water partition coefficient (Wildman–Crippen LogP) is 0.683. The third-order valence-corrected chi connectivity index (χ3v) is 3.58. The Labute approximate surface area is 130 Å². The summed E-state index contributed by atoms with van der Waals surface area (Å²) in [7, 11) is 0. The first-order valence-electron chi connectivity index (χ1n) is 7.63. The van der Waals surface area contributed by atoms with Gasteiger partial charge in [0.2, 0.25) is 0 Å². The zero-order chi connectivity index (χ0) is 15.9. The summed E-state index contributed by atoms with van der Waals surface area (Å²) in [6, 6.07) is 0. The molecule has 0 spiro atoms. The second-order valence-electron chi connectivity index (χ2n) is 5.08. The molecule has 2 N–H and O–H groups in total. The van der Waals surface area contributed by atoms with E-state index in [2.05, 4.69) is 34.1 Å². The smallest absolute Gasteiger partial charge is 0.256 e. The Kier molecular flexibility index (Phi) is 5.85. The molecular weight excluding hydrogens is 282 g/mol. The fourth-order valence-corrected chi connectivity index (χ4v) is 2.24. The summed E-state index contributed by atoms with van der Waals surface area (Å²) in [5.74, 6) is -0.215. The standard InChI is InChI=1S/C15H23N5O2/c1-3-19(4-2)10-12-8-17-14-13(9-18-20(14)11-12)15(22)16-6-5-7-21/h8-9,11,21H,3-7,10H2,1-2H3,(H,16,22). The van der Waals surface area contributed by atoms with Crippen molar-refractivity contribution in [1.29, 1.82) is 0 Å². The highest BCUT2D eigenvalue weighted by atomic mass is 16.3. The maximum Gasteiger partial charge on any atom is 0.256 e. The van der Waals surface area contributed by atoms with Gasteiger partial charge in [0.1, 0.15) is 5.56 Å². The van der Waals surface area contributed by atoms with Crippen LogP contribution in [0.5, 0.6) is 0 Å². The first-order chi connectivity index (χ1) is 10.7. The largest absolute Gasteiger partial charge is 0.396 e. The van der Waals surface area contributed by atoms with E-state index in [0.29, 0.717) is 24.2 Å². The van der Waals surface area contributed by atoms with Gasteiger partial charge in [-0.1, -0.05) is 13.8 Å². The van der Waals surface area contributed by atoms with Gasteiger partial charge < -0.3 is 10.4 Å². The summed E-state index contributed by atoms with van der Waals surface area (Å²) in [5.41, 5.74) is 2.06. The molecule has 0 bridgehead atoms. The van der Waals surface area contributed by atoms with Crippen LogP contribution in [0.1, 0.15) is 36.2 Å². The lowest BCUT2D eigenvalue weighted by molar-refractivity contribution is 0.0952. The van der Waals surface area contributed by atoms with E-state index in [1.165, 1.54) is 6.20 Å². The molecule has 0 aromatic carbocycles. The molecule has 0 fully saturated rings.